The molecule has 0 bridgehead atoms. The maximum atomic E-state index is 11.9. The van der Waals surface area contributed by atoms with E-state index in [2.05, 4.69) is 4.74 Å². The Morgan fingerprint density at radius 2 is 2.00 bits per heavy atom. The third-order valence-corrected chi connectivity index (χ3v) is 2.08. The van der Waals surface area contributed by atoms with Crippen LogP contribution in [0.15, 0.2) is 23.1 Å². The fourth-order valence-corrected chi connectivity index (χ4v) is 1.29. The summed E-state index contributed by atoms with van der Waals surface area (Å²) in [6, 6.07) is 3.13. The summed E-state index contributed by atoms with van der Waals surface area (Å²) in [5, 5.41) is 0. The molecule has 0 aromatic carbocycles. The number of methoxy groups -OCH3 is 1. The summed E-state index contributed by atoms with van der Waals surface area (Å²) >= 11 is 0. The fraction of sp³-hybridized carbons (Fsp3) is 0.455. The molecule has 0 fully saturated rings. The Bertz CT molecular complexity index is 426. The molecule has 0 aliphatic carbocycles. The van der Waals surface area contributed by atoms with Crippen molar-refractivity contribution in [1.82, 2.24) is 4.57 Å². The number of carbonyl (C=O) groups excluding carboxylic acids is 1. The normalized spacial score (nSPS) is 11.2. The van der Waals surface area contributed by atoms with Gasteiger partial charge in [0.15, 0.2) is 0 Å². The second kappa shape index (κ2) is 3.88. The van der Waals surface area contributed by atoms with Crippen LogP contribution in [0.1, 0.15) is 31.1 Å². The minimum Gasteiger partial charge on any atom is -0.465 e. The van der Waals surface area contributed by atoms with Gasteiger partial charge in [-0.25, -0.2) is 4.79 Å². The summed E-state index contributed by atoms with van der Waals surface area (Å²) in [5.74, 6) is -0.599. The first-order chi connectivity index (χ1) is 6.88. The molecule has 0 spiro atoms. The third-order valence-electron chi connectivity index (χ3n) is 2.08. The molecule has 0 saturated heterocycles. The van der Waals surface area contributed by atoms with Gasteiger partial charge in [0.2, 0.25) is 0 Å². The van der Waals surface area contributed by atoms with E-state index in [-0.39, 0.29) is 16.7 Å². The Hall–Kier alpha value is -1.58. The van der Waals surface area contributed by atoms with Gasteiger partial charge in [-0.2, -0.15) is 0 Å². The molecule has 0 radical (unpaired) electrons. The van der Waals surface area contributed by atoms with E-state index in [0.29, 0.717) is 0 Å². The molecule has 0 aliphatic rings. The van der Waals surface area contributed by atoms with Crippen LogP contribution < -0.4 is 5.56 Å². The Balaban J connectivity index is 3.37. The summed E-state index contributed by atoms with van der Waals surface area (Å²) in [6.45, 7) is 5.69. The maximum absolute atomic E-state index is 11.9. The van der Waals surface area contributed by atoms with E-state index in [1.54, 1.807) is 12.3 Å². The lowest BCUT2D eigenvalue weighted by Gasteiger charge is -2.22. The number of rotatable bonds is 1. The van der Waals surface area contributed by atoms with Crippen molar-refractivity contribution in [1.29, 1.82) is 0 Å². The van der Waals surface area contributed by atoms with E-state index < -0.39 is 5.97 Å². The zero-order valence-corrected chi connectivity index (χ0v) is 9.40. The Kier molecular flexibility index (Phi) is 2.98. The van der Waals surface area contributed by atoms with Crippen LogP contribution in [0.2, 0.25) is 0 Å². The highest BCUT2D eigenvalue weighted by Crippen LogP contribution is 2.10. The lowest BCUT2D eigenvalue weighted by atomic mass is 10.1. The van der Waals surface area contributed by atoms with Gasteiger partial charge in [-0.3, -0.25) is 4.79 Å². The lowest BCUT2D eigenvalue weighted by molar-refractivity contribution is 0.0597. The van der Waals surface area contributed by atoms with Crippen molar-refractivity contribution in [2.24, 2.45) is 0 Å². The number of esters is 1. The Labute approximate surface area is 88.5 Å². The van der Waals surface area contributed by atoms with Crippen molar-refractivity contribution in [3.05, 3.63) is 34.2 Å². The Morgan fingerprint density at radius 3 is 2.47 bits per heavy atom. The molecule has 15 heavy (non-hydrogen) atoms. The number of aromatic nitrogens is 1. The summed E-state index contributed by atoms with van der Waals surface area (Å²) in [5.41, 5.74) is -0.604. The summed E-state index contributed by atoms with van der Waals surface area (Å²) in [4.78, 5) is 23.2. The fourth-order valence-electron chi connectivity index (χ4n) is 1.29. The molecule has 4 nitrogen and oxygen atoms in total. The largest absolute Gasteiger partial charge is 0.465 e. The number of ether oxygens (including phenoxy) is 1. The zero-order valence-electron chi connectivity index (χ0n) is 9.40. The first-order valence-corrected chi connectivity index (χ1v) is 4.68. The first kappa shape index (κ1) is 11.5. The molecule has 4 heteroatoms. The highest BCUT2D eigenvalue weighted by molar-refractivity contribution is 5.88. The van der Waals surface area contributed by atoms with Gasteiger partial charge in [0.05, 0.1) is 7.11 Å². The topological polar surface area (TPSA) is 48.3 Å². The number of pyridine rings is 1. The van der Waals surface area contributed by atoms with Gasteiger partial charge >= 0.3 is 5.97 Å². The highest BCUT2D eigenvalue weighted by atomic mass is 16.5. The summed E-state index contributed by atoms with van der Waals surface area (Å²) < 4.78 is 6.05. The van der Waals surface area contributed by atoms with Gasteiger partial charge in [-0.1, -0.05) is 0 Å². The smallest absolute Gasteiger partial charge is 0.343 e. The average molecular weight is 209 g/mol. The summed E-state index contributed by atoms with van der Waals surface area (Å²) in [6.07, 6.45) is 1.66. The van der Waals surface area contributed by atoms with E-state index in [9.17, 15) is 9.59 Å². The average Bonchev–Trinajstić information content (AvgIpc) is 2.15. The van der Waals surface area contributed by atoms with E-state index >= 15 is 0 Å². The standard InChI is InChI=1S/C11H15NO3/c1-11(2,3)12-7-5-6-8(9(12)13)10(14)15-4/h5-7H,1-4H3. The van der Waals surface area contributed by atoms with Crippen LogP contribution in [0, 0.1) is 0 Å². The summed E-state index contributed by atoms with van der Waals surface area (Å²) in [7, 11) is 1.26. The zero-order chi connectivity index (χ0) is 11.6. The van der Waals surface area contributed by atoms with E-state index in [1.165, 1.54) is 17.7 Å². The van der Waals surface area contributed by atoms with Crippen molar-refractivity contribution in [3.8, 4) is 0 Å². The van der Waals surface area contributed by atoms with Crippen molar-refractivity contribution < 1.29 is 9.53 Å². The van der Waals surface area contributed by atoms with Gasteiger partial charge < -0.3 is 9.30 Å². The molecule has 0 amide bonds. The first-order valence-electron chi connectivity index (χ1n) is 4.68. The van der Waals surface area contributed by atoms with Crippen LogP contribution in [0.5, 0.6) is 0 Å². The lowest BCUT2D eigenvalue weighted by Crippen LogP contribution is -2.36. The van der Waals surface area contributed by atoms with Crippen molar-refractivity contribution in [2.75, 3.05) is 7.11 Å². The molecule has 0 N–H and O–H groups in total. The molecule has 0 atom stereocenters. The molecule has 1 aromatic rings. The van der Waals surface area contributed by atoms with E-state index in [4.69, 9.17) is 0 Å². The maximum Gasteiger partial charge on any atom is 0.343 e. The van der Waals surface area contributed by atoms with Crippen molar-refractivity contribution in [3.63, 3.8) is 0 Å². The van der Waals surface area contributed by atoms with E-state index in [0.717, 1.165) is 0 Å². The molecular weight excluding hydrogens is 194 g/mol. The van der Waals surface area contributed by atoms with Crippen LogP contribution in [-0.4, -0.2) is 17.6 Å². The van der Waals surface area contributed by atoms with Crippen LogP contribution >= 0.6 is 0 Å². The second-order valence-corrected chi connectivity index (χ2v) is 4.26. The van der Waals surface area contributed by atoms with E-state index in [1.807, 2.05) is 20.8 Å². The SMILES string of the molecule is COC(=O)c1cccn(C(C)(C)C)c1=O. The second-order valence-electron chi connectivity index (χ2n) is 4.26. The Morgan fingerprint density at radius 1 is 1.40 bits per heavy atom. The molecule has 1 aromatic heterocycles. The van der Waals surface area contributed by atoms with Crippen molar-refractivity contribution >= 4 is 5.97 Å². The minimum atomic E-state index is -0.599. The molecule has 1 heterocycles. The minimum absolute atomic E-state index is 0.0647. The monoisotopic (exact) mass is 209 g/mol. The molecule has 0 saturated carbocycles. The number of hydrogen-bond donors (Lipinski definition) is 0. The molecular formula is C11H15NO3. The van der Waals surface area contributed by atoms with Crippen LogP contribution in [0.3, 0.4) is 0 Å². The third kappa shape index (κ3) is 2.26. The number of carbonyl (C=O) groups is 1. The van der Waals surface area contributed by atoms with Gasteiger partial charge in [0.25, 0.3) is 5.56 Å². The highest BCUT2D eigenvalue weighted by Gasteiger charge is 2.18. The molecule has 1 rings (SSSR count). The predicted molar refractivity (Wildman–Crippen MR) is 57.0 cm³/mol. The van der Waals surface area contributed by atoms with Crippen molar-refractivity contribution in [2.45, 2.75) is 26.3 Å². The molecule has 82 valence electrons. The van der Waals surface area contributed by atoms with Gasteiger partial charge in [0.1, 0.15) is 5.56 Å². The number of hydrogen-bond acceptors (Lipinski definition) is 3. The predicted octanol–water partition coefficient (Wildman–Crippen LogP) is 1.39. The van der Waals surface area contributed by atoms with Crippen LogP contribution in [-0.2, 0) is 10.3 Å². The van der Waals surface area contributed by atoms with Crippen LogP contribution in [0.4, 0.5) is 0 Å². The van der Waals surface area contributed by atoms with Gasteiger partial charge in [0, 0.05) is 11.7 Å². The molecule has 0 unspecified atom stereocenters. The van der Waals surface area contributed by atoms with Gasteiger partial charge in [-0.05, 0) is 32.9 Å². The molecule has 0 aliphatic heterocycles. The van der Waals surface area contributed by atoms with Gasteiger partial charge in [-0.15, -0.1) is 0 Å². The number of nitrogens with zero attached hydrogens (tertiary/aromatic N) is 1. The van der Waals surface area contributed by atoms with Crippen LogP contribution in [0.25, 0.3) is 0 Å². The quantitative estimate of drug-likeness (QED) is 0.657.